The molecule has 0 spiro atoms. The zero-order valence-electron chi connectivity index (χ0n) is 37.6. The van der Waals surface area contributed by atoms with Crippen molar-refractivity contribution in [2.24, 2.45) is 0 Å². The molecule has 0 aliphatic rings. The zero-order chi connectivity index (χ0) is 3.58. The van der Waals surface area contributed by atoms with Crippen LogP contribution in [-0.2, 0) is 0 Å². The monoisotopic (exact) mass is 516 g/mol. The summed E-state index contributed by atoms with van der Waals surface area (Å²) in [5, 5.41) is 0. The molecule has 0 atom stereocenters. The van der Waals surface area contributed by atoms with Gasteiger partial charge in [-0.25, -0.2) is 0 Å². The summed E-state index contributed by atoms with van der Waals surface area (Å²) in [5.74, 6) is 0. The van der Waals surface area contributed by atoms with Crippen LogP contribution in [0.1, 0.15) is 25.7 Å². The van der Waals surface area contributed by atoms with Gasteiger partial charge in [-0.3, -0.25) is 0 Å². The Hall–Kier alpha value is 18.2. The van der Waals surface area contributed by atoms with Gasteiger partial charge in [0, 0.05) is 4.66 Å². The van der Waals surface area contributed by atoms with Crippen LogP contribution in [0.25, 0.3) is 0 Å². The minimum absolute atomic E-state index is 0. The fourth-order valence-corrected chi connectivity index (χ4v) is 0. The van der Waals surface area contributed by atoms with Gasteiger partial charge in [0.1, 0.15) is 0 Å². The maximum atomic E-state index is 8.52. The molecule has 0 saturated heterocycles. The van der Waals surface area contributed by atoms with Gasteiger partial charge >= 0.3 is 532 Å². The topological polar surface area (TPSA) is 66.3 Å². The maximum Gasteiger partial charge on any atom is 1.00 e. The summed E-state index contributed by atoms with van der Waals surface area (Å²) in [4.78, 5) is 0. The van der Waals surface area contributed by atoms with Crippen molar-refractivity contribution in [2.75, 3.05) is 0 Å². The molecule has 0 aromatic carbocycles. The minimum Gasteiger partial charge on any atom is -1.00 e. The molecule has 0 amide bonds. The van der Waals surface area contributed by atoms with Crippen molar-refractivity contribution >= 4 is 0 Å². The van der Waals surface area contributed by atoms with Gasteiger partial charge in [0.15, 0.2) is 0 Å². The summed E-state index contributed by atoms with van der Waals surface area (Å²) >= 11 is 0. The molecule has 0 heterocycles. The Morgan fingerprint density at radius 1 is 0.364 bits per heavy atom. The van der Waals surface area contributed by atoms with E-state index in [1.165, 1.54) is 0 Å². The van der Waals surface area contributed by atoms with Crippen LogP contribution in [0, 0.1) is 10.8 Å². The van der Waals surface area contributed by atoms with E-state index in [0.717, 1.165) is 0 Å². The summed E-state index contributed by atoms with van der Waals surface area (Å²) in [6, 6.07) is 0. The first-order valence-corrected chi connectivity index (χ1v) is 1.43. The molecule has 0 aromatic heterocycles. The molecule has 0 saturated carbocycles. The molecule has 0 aliphatic heterocycles. The van der Waals surface area contributed by atoms with Crippen LogP contribution < -0.4 is 541 Å². The molecule has 22 heteroatoms. The molecule has 1 N–H and O–H groups in total. The number of halogens is 1. The average Bonchev–Trinajstić information content (AvgIpc) is 0.811. The standard InChI is InChI=1S/ClHO3.18Na.18H/c2-1(3)4;;;;;;;;;;;;;;;;;;;;;;;;;;;;;;;;;;;;/h2H;;;;;;;;;;;;;;;;;;;;;;;;;;;;;;;;;;;;/q;18*+1;18*-1. The second-order valence-electron chi connectivity index (χ2n) is 0.201. The molecule has 0 unspecified atom stereocenters. The van der Waals surface area contributed by atoms with Crippen molar-refractivity contribution in [1.29, 1.82) is 0 Å². The molecular weight excluding hydrogens is 497 g/mol. The Balaban J connectivity index is -0.0000000000714. The molecule has 0 fully saturated rings. The summed E-state index contributed by atoms with van der Waals surface area (Å²) in [6.07, 6.45) is 0. The summed E-state index contributed by atoms with van der Waals surface area (Å²) in [7, 11) is -2.60. The Kier molecular flexibility index (Phi) is 796. The van der Waals surface area contributed by atoms with Crippen LogP contribution in [-0.4, -0.2) is 4.66 Å². The molecule has 0 radical (unpaired) electrons. The number of rotatable bonds is 0. The van der Waals surface area contributed by atoms with Crippen molar-refractivity contribution in [3.05, 3.63) is 0 Å². The third-order valence-corrected chi connectivity index (χ3v) is 0. The van der Waals surface area contributed by atoms with Crippen LogP contribution in [0.2, 0.25) is 0 Å². The van der Waals surface area contributed by atoms with Gasteiger partial charge in [0.2, 0.25) is 0 Å². The van der Waals surface area contributed by atoms with Crippen molar-refractivity contribution in [3.8, 4) is 0 Å². The van der Waals surface area contributed by atoms with E-state index in [1.54, 1.807) is 0 Å². The molecular formula is H19ClNa18O3. The van der Waals surface area contributed by atoms with E-state index in [0.29, 0.717) is 0 Å². The van der Waals surface area contributed by atoms with Gasteiger partial charge in [0.05, 0.1) is 0 Å². The Morgan fingerprint density at radius 2 is 0.364 bits per heavy atom. The van der Waals surface area contributed by atoms with E-state index in [4.69, 9.17) is 14.0 Å². The Labute approximate surface area is 564 Å². The van der Waals surface area contributed by atoms with E-state index < -0.39 is 10.8 Å². The predicted octanol–water partition coefficient (Wildman–Crippen LogP) is -54.8. The summed E-state index contributed by atoms with van der Waals surface area (Å²) < 4.78 is 24.0. The quantitative estimate of drug-likeness (QED) is 0.326. The largest absolute Gasteiger partial charge is 1.00 e. The van der Waals surface area contributed by atoms with E-state index >= 15 is 0 Å². The maximum absolute atomic E-state index is 8.52. The summed E-state index contributed by atoms with van der Waals surface area (Å²) in [6.45, 7) is 0. The first-order chi connectivity index (χ1) is 1.73. The fraction of sp³-hybridized carbons (Fsp3) is 0. The van der Waals surface area contributed by atoms with Crippen LogP contribution in [0.15, 0.2) is 0 Å². The van der Waals surface area contributed by atoms with Gasteiger partial charge < -0.3 is 35.0 Å². The fourth-order valence-electron chi connectivity index (χ4n) is 0. The van der Waals surface area contributed by atoms with E-state index in [1.807, 2.05) is 0 Å². The molecule has 0 bridgehead atoms. The van der Waals surface area contributed by atoms with Crippen LogP contribution in [0.5, 0.6) is 0 Å². The van der Waals surface area contributed by atoms with Gasteiger partial charge in [-0.15, -0.1) is 0 Å². The van der Waals surface area contributed by atoms with Crippen molar-refractivity contribution in [3.63, 3.8) is 0 Å². The van der Waals surface area contributed by atoms with Gasteiger partial charge in [-0.1, -0.05) is 0 Å². The second kappa shape index (κ2) is 127. The SMILES string of the molecule is [H-].[H-].[H-].[H-].[H-].[H-].[H-].[H-].[H-].[H-].[H-].[H-].[H-].[H-].[H-].[H-].[H-].[H-].[Na+].[Na+].[Na+].[Na+].[Na+].[Na+].[Na+].[Na+].[Na+].[Na+].[Na+].[Na+].[Na+].[Na+].[Na+].[Na+].[Na+].[Na+].[O-][Cl+2]([O-])O. The average molecular weight is 516 g/mol. The van der Waals surface area contributed by atoms with Gasteiger partial charge in [-0.2, -0.15) is 0 Å². The first kappa shape index (κ1) is 138. The van der Waals surface area contributed by atoms with E-state index in [-0.39, 0.29) is 558 Å². The number of hydrogen-bond acceptors (Lipinski definition) is 3. The first-order valence-electron chi connectivity index (χ1n) is 0.478. The Morgan fingerprint density at radius 3 is 0.364 bits per heavy atom. The molecule has 0 aromatic rings. The van der Waals surface area contributed by atoms with E-state index in [9.17, 15) is 0 Å². The molecule has 22 heavy (non-hydrogen) atoms. The van der Waals surface area contributed by atoms with Crippen molar-refractivity contribution in [1.82, 2.24) is 0 Å². The van der Waals surface area contributed by atoms with Gasteiger partial charge in [0.25, 0.3) is 10.8 Å². The zero-order valence-corrected chi connectivity index (χ0v) is 56.4. The molecule has 0 aliphatic carbocycles. The normalized spacial score (nSPS) is 1.64. The molecule has 3 nitrogen and oxygen atoms in total. The van der Waals surface area contributed by atoms with Crippen molar-refractivity contribution in [2.45, 2.75) is 0 Å². The smallest absolute Gasteiger partial charge is 1.00 e. The van der Waals surface area contributed by atoms with E-state index in [2.05, 4.69) is 0 Å². The third-order valence-electron chi connectivity index (χ3n) is 0. The Bertz CT molecular complexity index is 62.8. The summed E-state index contributed by atoms with van der Waals surface area (Å²) in [5.41, 5.74) is 0. The number of hydrogen-bond donors (Lipinski definition) is 1. The van der Waals surface area contributed by atoms with Crippen LogP contribution >= 0.6 is 0 Å². The third kappa shape index (κ3) is 160. The van der Waals surface area contributed by atoms with Crippen molar-refractivity contribution < 1.29 is 582 Å². The molecule has 0 rings (SSSR count). The van der Waals surface area contributed by atoms with Crippen LogP contribution in [0.4, 0.5) is 0 Å². The molecule has 62 valence electrons. The predicted molar refractivity (Wildman–Crippen MR) is 22.2 cm³/mol. The minimum atomic E-state index is -2.60. The van der Waals surface area contributed by atoms with Crippen LogP contribution in [0.3, 0.4) is 0 Å². The second-order valence-corrected chi connectivity index (χ2v) is 0.603. The van der Waals surface area contributed by atoms with Gasteiger partial charge in [-0.05, 0) is 0 Å².